The van der Waals surface area contributed by atoms with Crippen molar-refractivity contribution in [2.75, 3.05) is 26.4 Å². The zero-order valence-electron chi connectivity index (χ0n) is 39.8. The first-order valence-corrected chi connectivity index (χ1v) is 23.1. The van der Waals surface area contributed by atoms with Gasteiger partial charge in [0.25, 0.3) is 0 Å². The fourth-order valence-electron chi connectivity index (χ4n) is 6.85. The van der Waals surface area contributed by atoms with Crippen LogP contribution < -0.4 is 0 Å². The summed E-state index contributed by atoms with van der Waals surface area (Å²) in [6, 6.07) is 0. The van der Waals surface area contributed by atoms with E-state index in [0.717, 1.165) is 51.4 Å². The van der Waals surface area contributed by atoms with E-state index >= 15 is 0 Å². The van der Waals surface area contributed by atoms with Crippen LogP contribution in [-0.2, 0) is 47.7 Å². The zero-order chi connectivity index (χ0) is 46.2. The molecule has 0 amide bonds. The van der Waals surface area contributed by atoms with E-state index in [9.17, 15) is 39.0 Å². The summed E-state index contributed by atoms with van der Waals surface area (Å²) in [5, 5.41) is 20.1. The third kappa shape index (κ3) is 22.5. The minimum absolute atomic E-state index is 0.0364. The van der Waals surface area contributed by atoms with Gasteiger partial charge in [-0.05, 0) is 106 Å². The fraction of sp³-hybridized carbons (Fsp3) is 0.875. The Morgan fingerprint density at radius 1 is 0.433 bits per heavy atom. The van der Waals surface area contributed by atoms with Gasteiger partial charge in [0.15, 0.2) is 23.1 Å². The van der Waals surface area contributed by atoms with Crippen LogP contribution in [0.2, 0.25) is 0 Å². The Labute approximate surface area is 363 Å². The molecule has 2 N–H and O–H groups in total. The SMILES string of the molecule is CCCCC(CC)COC(C)(C)C(=O)CCCCCOC(C)(C)C(=O)CC(C(=O)O)C(CC(=O)C(C)(C)OCCCCCC(=O)C(C)(C)OCC(CC)CCCC)C(=O)O. The maximum absolute atomic E-state index is 13.4. The molecule has 0 heterocycles. The van der Waals surface area contributed by atoms with Crippen molar-refractivity contribution in [3.05, 3.63) is 0 Å². The zero-order valence-corrected chi connectivity index (χ0v) is 39.8. The third-order valence-electron chi connectivity index (χ3n) is 12.1. The highest BCUT2D eigenvalue weighted by Gasteiger charge is 2.43. The molecule has 350 valence electrons. The predicted octanol–water partition coefficient (Wildman–Crippen LogP) is 10.2. The monoisotopic (exact) mass is 855 g/mol. The average molecular weight is 855 g/mol. The highest BCUT2D eigenvalue weighted by Crippen LogP contribution is 2.29. The van der Waals surface area contributed by atoms with Crippen LogP contribution in [-0.4, -0.2) is 94.1 Å². The number of Topliss-reactive ketones (excluding diaryl/α,β-unsaturated/α-hetero) is 4. The van der Waals surface area contributed by atoms with E-state index < -0.39 is 70.6 Å². The lowest BCUT2D eigenvalue weighted by Gasteiger charge is -2.29. The average Bonchev–Trinajstić information content (AvgIpc) is 3.18. The standard InChI is InChI=1S/C48H86O12/c1-13-17-25-35(15-3)33-59-45(5,6)39(49)27-21-19-23-29-57-47(9,10)41(51)31-37(43(53)54)38(44(55)56)32-42(52)48(11,12)58-30-24-20-22-28-40(50)46(7,8)60-34-36(16-4)26-18-14-2/h35-38H,13-34H2,1-12H3,(H,53,54)(H,55,56). The number of carboxylic acids is 2. The van der Waals surface area contributed by atoms with Crippen molar-refractivity contribution < 1.29 is 57.9 Å². The number of ketones is 4. The molecule has 0 saturated heterocycles. The van der Waals surface area contributed by atoms with Crippen LogP contribution in [0.15, 0.2) is 0 Å². The largest absolute Gasteiger partial charge is 0.481 e. The van der Waals surface area contributed by atoms with Crippen molar-refractivity contribution in [1.82, 2.24) is 0 Å². The molecule has 0 fully saturated rings. The number of unbranched alkanes of at least 4 members (excludes halogenated alkanes) is 6. The van der Waals surface area contributed by atoms with Gasteiger partial charge in [-0.15, -0.1) is 0 Å². The lowest BCUT2D eigenvalue weighted by atomic mass is 9.80. The first-order valence-electron chi connectivity index (χ1n) is 23.1. The molecule has 0 aliphatic heterocycles. The van der Waals surface area contributed by atoms with E-state index in [0.29, 0.717) is 76.4 Å². The summed E-state index contributed by atoms with van der Waals surface area (Å²) in [5.74, 6) is -6.55. The van der Waals surface area contributed by atoms with E-state index in [4.69, 9.17) is 18.9 Å². The maximum Gasteiger partial charge on any atom is 0.307 e. The lowest BCUT2D eigenvalue weighted by molar-refractivity contribution is -0.160. The summed E-state index contributed by atoms with van der Waals surface area (Å²) in [5.41, 5.74) is -4.53. The van der Waals surface area contributed by atoms with Gasteiger partial charge in [-0.2, -0.15) is 0 Å². The van der Waals surface area contributed by atoms with Crippen LogP contribution in [0.4, 0.5) is 0 Å². The van der Waals surface area contributed by atoms with E-state index in [1.54, 1.807) is 0 Å². The quantitative estimate of drug-likeness (QED) is 0.0560. The molecular formula is C48H86O12. The molecule has 0 spiro atoms. The molecular weight excluding hydrogens is 769 g/mol. The molecule has 0 bridgehead atoms. The molecule has 0 aromatic rings. The molecule has 0 radical (unpaired) electrons. The molecule has 0 saturated carbocycles. The second-order valence-corrected chi connectivity index (χ2v) is 18.8. The van der Waals surface area contributed by atoms with E-state index in [1.807, 2.05) is 27.7 Å². The Kier molecular flexibility index (Phi) is 27.7. The summed E-state index contributed by atoms with van der Waals surface area (Å²) < 4.78 is 23.8. The van der Waals surface area contributed by atoms with Crippen molar-refractivity contribution in [3.63, 3.8) is 0 Å². The van der Waals surface area contributed by atoms with Crippen LogP contribution in [0.3, 0.4) is 0 Å². The smallest absolute Gasteiger partial charge is 0.307 e. The first-order chi connectivity index (χ1) is 27.9. The summed E-state index contributed by atoms with van der Waals surface area (Å²) in [6.07, 6.45) is 11.9. The van der Waals surface area contributed by atoms with Crippen LogP contribution in [0.5, 0.6) is 0 Å². The van der Waals surface area contributed by atoms with Gasteiger partial charge in [0.2, 0.25) is 0 Å². The lowest BCUT2D eigenvalue weighted by Crippen LogP contribution is -2.43. The summed E-state index contributed by atoms with van der Waals surface area (Å²) in [6.45, 7) is 23.4. The first kappa shape index (κ1) is 57.5. The van der Waals surface area contributed by atoms with Gasteiger partial charge in [-0.1, -0.05) is 79.1 Å². The third-order valence-corrected chi connectivity index (χ3v) is 12.1. The molecule has 0 aliphatic rings. The number of carboxylic acid groups (broad SMARTS) is 2. The minimum Gasteiger partial charge on any atom is -0.481 e. The Balaban J connectivity index is 4.97. The molecule has 0 aromatic heterocycles. The number of hydrogen-bond acceptors (Lipinski definition) is 10. The van der Waals surface area contributed by atoms with Crippen molar-refractivity contribution in [2.45, 2.75) is 221 Å². The molecule has 12 heteroatoms. The Morgan fingerprint density at radius 2 is 0.750 bits per heavy atom. The summed E-state index contributed by atoms with van der Waals surface area (Å²) >= 11 is 0. The summed E-state index contributed by atoms with van der Waals surface area (Å²) in [7, 11) is 0. The Morgan fingerprint density at radius 3 is 1.03 bits per heavy atom. The Hall–Kier alpha value is -2.54. The molecule has 60 heavy (non-hydrogen) atoms. The molecule has 12 nitrogen and oxygen atoms in total. The van der Waals surface area contributed by atoms with Gasteiger partial charge in [0.05, 0.1) is 25.0 Å². The molecule has 0 aromatic carbocycles. The highest BCUT2D eigenvalue weighted by molar-refractivity contribution is 5.94. The van der Waals surface area contributed by atoms with E-state index in [-0.39, 0.29) is 24.8 Å². The molecule has 0 rings (SSSR count). The van der Waals surface area contributed by atoms with Crippen LogP contribution in [0, 0.1) is 23.7 Å². The van der Waals surface area contributed by atoms with Gasteiger partial charge in [0, 0.05) is 38.9 Å². The van der Waals surface area contributed by atoms with Crippen LogP contribution in [0.1, 0.15) is 199 Å². The number of hydrogen-bond donors (Lipinski definition) is 2. The van der Waals surface area contributed by atoms with Gasteiger partial charge in [0.1, 0.15) is 22.4 Å². The maximum atomic E-state index is 13.4. The van der Waals surface area contributed by atoms with Gasteiger partial charge in [-0.25, -0.2) is 0 Å². The predicted molar refractivity (Wildman–Crippen MR) is 235 cm³/mol. The topological polar surface area (TPSA) is 180 Å². The van der Waals surface area contributed by atoms with Crippen molar-refractivity contribution in [2.24, 2.45) is 23.7 Å². The minimum atomic E-state index is -1.66. The van der Waals surface area contributed by atoms with Gasteiger partial charge >= 0.3 is 11.9 Å². The van der Waals surface area contributed by atoms with Gasteiger partial charge in [-0.3, -0.25) is 28.8 Å². The van der Waals surface area contributed by atoms with E-state index in [2.05, 4.69) is 27.7 Å². The second kappa shape index (κ2) is 28.9. The Bertz CT molecular complexity index is 1200. The number of ether oxygens (including phenoxy) is 4. The van der Waals surface area contributed by atoms with E-state index in [1.165, 1.54) is 27.7 Å². The number of carbonyl (C=O) groups is 6. The van der Waals surface area contributed by atoms with Crippen molar-refractivity contribution >= 4 is 35.1 Å². The van der Waals surface area contributed by atoms with Crippen LogP contribution in [0.25, 0.3) is 0 Å². The normalized spacial score (nSPS) is 14.7. The van der Waals surface area contributed by atoms with Crippen molar-refractivity contribution in [3.8, 4) is 0 Å². The molecule has 4 unspecified atom stereocenters. The molecule has 0 aliphatic carbocycles. The van der Waals surface area contributed by atoms with Crippen molar-refractivity contribution in [1.29, 1.82) is 0 Å². The highest BCUT2D eigenvalue weighted by atomic mass is 16.5. The molecule has 4 atom stereocenters. The second-order valence-electron chi connectivity index (χ2n) is 18.8. The van der Waals surface area contributed by atoms with Gasteiger partial charge < -0.3 is 29.2 Å². The fourth-order valence-corrected chi connectivity index (χ4v) is 6.85. The summed E-state index contributed by atoms with van der Waals surface area (Å²) in [4.78, 5) is 77.2. The number of carbonyl (C=O) groups excluding carboxylic acids is 4. The van der Waals surface area contributed by atoms with Crippen LogP contribution >= 0.6 is 0 Å². The number of aliphatic carboxylic acids is 2. The number of rotatable bonds is 39.